The van der Waals surface area contributed by atoms with Crippen molar-refractivity contribution in [1.82, 2.24) is 9.13 Å². The molecular weight excluding hydrogens is 564 g/mol. The Labute approximate surface area is 241 Å². The molecule has 0 radical (unpaired) electrons. The molecule has 228 valence electrons. The third-order valence-corrected chi connectivity index (χ3v) is 8.31. The third-order valence-electron chi connectivity index (χ3n) is 8.08. The number of hydrogen-bond acceptors (Lipinski definition) is 11. The van der Waals surface area contributed by atoms with E-state index in [9.17, 15) is 15.0 Å². The lowest BCUT2D eigenvalue weighted by molar-refractivity contribution is -0.228. The molecule has 2 aromatic rings. The van der Waals surface area contributed by atoms with Crippen molar-refractivity contribution in [3.05, 3.63) is 33.7 Å². The van der Waals surface area contributed by atoms with Crippen LogP contribution in [0.4, 0.5) is 0 Å². The van der Waals surface area contributed by atoms with Gasteiger partial charge in [-0.1, -0.05) is 11.6 Å². The zero-order valence-corrected chi connectivity index (χ0v) is 24.5. The third kappa shape index (κ3) is 5.14. The zero-order valence-electron chi connectivity index (χ0n) is 23.8. The maximum absolute atomic E-state index is 13.8. The molecule has 6 rings (SSSR count). The predicted molar refractivity (Wildman–Crippen MR) is 142 cm³/mol. The molecule has 1 aromatic carbocycles. The largest absolute Gasteiger partial charge is 0.388 e. The van der Waals surface area contributed by atoms with Gasteiger partial charge in [0, 0.05) is 19.2 Å². The molecule has 0 spiro atoms. The minimum atomic E-state index is -1.16. The van der Waals surface area contributed by atoms with Crippen LogP contribution in [0.1, 0.15) is 27.7 Å². The van der Waals surface area contributed by atoms with E-state index in [0.717, 1.165) is 0 Å². The minimum absolute atomic E-state index is 0.116. The lowest BCUT2D eigenvalue weighted by atomic mass is 10.1. The monoisotopic (exact) mass is 600 g/mol. The average molecular weight is 601 g/mol. The van der Waals surface area contributed by atoms with Crippen LogP contribution in [0, 0.1) is 0 Å². The minimum Gasteiger partial charge on any atom is -0.388 e. The van der Waals surface area contributed by atoms with E-state index in [0.29, 0.717) is 16.1 Å². The number of benzene rings is 1. The number of fused-ring (bicyclic) bond motifs is 3. The fourth-order valence-electron chi connectivity index (χ4n) is 6.39. The van der Waals surface area contributed by atoms with E-state index in [1.54, 1.807) is 45.9 Å². The highest BCUT2D eigenvalue weighted by atomic mass is 35.5. The number of imidazole rings is 1. The topological polar surface area (TPSA) is 141 Å². The van der Waals surface area contributed by atoms with Crippen LogP contribution >= 0.6 is 11.6 Å². The molecule has 2 N–H and O–H groups in total. The predicted octanol–water partition coefficient (Wildman–Crippen LogP) is 0.961. The van der Waals surface area contributed by atoms with Crippen molar-refractivity contribution >= 4 is 22.6 Å². The molecule has 5 heterocycles. The van der Waals surface area contributed by atoms with E-state index in [-0.39, 0.29) is 13.1 Å². The highest BCUT2D eigenvalue weighted by Crippen LogP contribution is 2.41. The van der Waals surface area contributed by atoms with E-state index in [2.05, 4.69) is 0 Å². The molecule has 4 aliphatic rings. The first-order valence-corrected chi connectivity index (χ1v) is 14.0. The first kappa shape index (κ1) is 29.5. The van der Waals surface area contributed by atoms with E-state index in [4.69, 9.17) is 49.5 Å². The van der Waals surface area contributed by atoms with E-state index >= 15 is 0 Å². The van der Waals surface area contributed by atoms with Crippen LogP contribution in [-0.2, 0) is 51.0 Å². The van der Waals surface area contributed by atoms with Gasteiger partial charge in [-0.3, -0.25) is 9.13 Å². The second kappa shape index (κ2) is 10.5. The van der Waals surface area contributed by atoms with Gasteiger partial charge in [0.1, 0.15) is 48.8 Å². The van der Waals surface area contributed by atoms with Crippen LogP contribution in [0.25, 0.3) is 11.0 Å². The molecule has 0 unspecified atom stereocenters. The van der Waals surface area contributed by atoms with Gasteiger partial charge < -0.3 is 48.1 Å². The Kier molecular flexibility index (Phi) is 7.56. The number of halogens is 1. The highest BCUT2D eigenvalue weighted by molar-refractivity contribution is 6.31. The average Bonchev–Trinajstić information content (AvgIpc) is 3.63. The van der Waals surface area contributed by atoms with E-state index in [1.165, 1.54) is 23.4 Å². The summed E-state index contributed by atoms with van der Waals surface area (Å²) in [6, 6.07) is 4.99. The normalized spacial score (nSPS) is 37.0. The molecule has 14 heteroatoms. The van der Waals surface area contributed by atoms with E-state index in [1.807, 2.05) is 0 Å². The van der Waals surface area contributed by atoms with Gasteiger partial charge in [-0.15, -0.1) is 0 Å². The molecule has 4 saturated heterocycles. The molecule has 13 nitrogen and oxygen atoms in total. The number of methoxy groups -OCH3 is 2. The van der Waals surface area contributed by atoms with Crippen LogP contribution in [0.5, 0.6) is 0 Å². The Morgan fingerprint density at radius 1 is 0.829 bits per heavy atom. The van der Waals surface area contributed by atoms with Gasteiger partial charge in [0.25, 0.3) is 0 Å². The smallest absolute Gasteiger partial charge is 0.329 e. The Balaban J connectivity index is 1.25. The summed E-state index contributed by atoms with van der Waals surface area (Å²) in [5.41, 5.74) is 0.546. The summed E-state index contributed by atoms with van der Waals surface area (Å²) in [7, 11) is 3.02. The van der Waals surface area contributed by atoms with Crippen molar-refractivity contribution in [1.29, 1.82) is 0 Å². The SMILES string of the molecule is CO[C@@H]1[C@@H]2OC(C)(C)O[C@@H]2O[C@@H]1[C@@H](O)Cn1c(=O)n(C[C@H](O)[C@H]2O[C@@H]3OC(C)(C)O[C@@H]3[C@H]2OC)c2cc(Cl)ccc21. The Bertz CT molecular complexity index is 1340. The van der Waals surface area contributed by atoms with Crippen LogP contribution < -0.4 is 5.69 Å². The van der Waals surface area contributed by atoms with Crippen LogP contribution in [0.15, 0.2) is 23.0 Å². The van der Waals surface area contributed by atoms with Crippen molar-refractivity contribution in [3.63, 3.8) is 0 Å². The second-order valence-corrected chi connectivity index (χ2v) is 12.2. The van der Waals surface area contributed by atoms with Crippen molar-refractivity contribution in [2.45, 2.75) is 114 Å². The van der Waals surface area contributed by atoms with Gasteiger partial charge in [-0.25, -0.2) is 4.79 Å². The summed E-state index contributed by atoms with van der Waals surface area (Å²) in [5.74, 6) is -1.69. The Hall–Kier alpha value is -1.62. The number of aliphatic hydroxyl groups excluding tert-OH is 2. The lowest BCUT2D eigenvalue weighted by Crippen LogP contribution is -2.46. The fraction of sp³-hybridized carbons (Fsp3) is 0.741. The quantitative estimate of drug-likeness (QED) is 0.447. The van der Waals surface area contributed by atoms with E-state index < -0.39 is 78.7 Å². The molecule has 10 atom stereocenters. The maximum Gasteiger partial charge on any atom is 0.329 e. The van der Waals surface area contributed by atoms with Gasteiger partial charge in [-0.05, 0) is 45.9 Å². The number of aromatic nitrogens is 2. The zero-order chi connectivity index (χ0) is 29.4. The Morgan fingerprint density at radius 3 is 1.76 bits per heavy atom. The molecule has 0 bridgehead atoms. The second-order valence-electron chi connectivity index (χ2n) is 11.8. The summed E-state index contributed by atoms with van der Waals surface area (Å²) >= 11 is 6.30. The first-order chi connectivity index (χ1) is 19.3. The number of aliphatic hydroxyl groups is 2. The highest BCUT2D eigenvalue weighted by Gasteiger charge is 2.58. The molecule has 0 saturated carbocycles. The van der Waals surface area contributed by atoms with Gasteiger partial charge in [0.15, 0.2) is 24.2 Å². The summed E-state index contributed by atoms with van der Waals surface area (Å²) in [5, 5.41) is 23.0. The molecule has 4 fully saturated rings. The van der Waals surface area contributed by atoms with Crippen molar-refractivity contribution in [2.75, 3.05) is 14.2 Å². The van der Waals surface area contributed by atoms with Crippen molar-refractivity contribution < 1.29 is 48.1 Å². The van der Waals surface area contributed by atoms with Crippen molar-refractivity contribution in [2.24, 2.45) is 0 Å². The summed E-state index contributed by atoms with van der Waals surface area (Å²) in [6.45, 7) is 6.86. The summed E-state index contributed by atoms with van der Waals surface area (Å²) < 4.78 is 49.5. The van der Waals surface area contributed by atoms with Crippen LogP contribution in [-0.4, -0.2) is 107 Å². The molecule has 4 aliphatic heterocycles. The van der Waals surface area contributed by atoms with Crippen LogP contribution in [0.3, 0.4) is 0 Å². The van der Waals surface area contributed by atoms with Crippen LogP contribution in [0.2, 0.25) is 5.02 Å². The first-order valence-electron chi connectivity index (χ1n) is 13.6. The van der Waals surface area contributed by atoms with Gasteiger partial charge in [0.05, 0.1) is 24.1 Å². The standard InChI is InChI=1S/C27H37ClN2O11/c1-26(2)38-21-19(34-5)17(36-23(21)40-26)15(31)10-29-13-8-7-12(28)9-14(13)30(25(29)33)11-16(32)18-20(35-6)22-24(37-18)41-27(3,4)39-22/h7-9,15-24,31-32H,10-11H2,1-6H3/t15-,16-,17+,18+,19-,20-,21-,22+,23-,24+/m0/s1. The number of rotatable bonds is 8. The molecule has 1 aromatic heterocycles. The molecule has 0 amide bonds. The fourth-order valence-corrected chi connectivity index (χ4v) is 6.56. The van der Waals surface area contributed by atoms with Gasteiger partial charge >= 0.3 is 5.69 Å². The van der Waals surface area contributed by atoms with Crippen molar-refractivity contribution in [3.8, 4) is 0 Å². The lowest BCUT2D eigenvalue weighted by Gasteiger charge is -2.28. The number of nitrogens with zero attached hydrogens (tertiary/aromatic N) is 2. The summed E-state index contributed by atoms with van der Waals surface area (Å²) in [6.07, 6.45) is -7.65. The van der Waals surface area contributed by atoms with Gasteiger partial charge in [0.2, 0.25) is 0 Å². The molecule has 0 aliphatic carbocycles. The number of hydrogen-bond donors (Lipinski definition) is 2. The molecule has 41 heavy (non-hydrogen) atoms. The molecular formula is C27H37ClN2O11. The summed E-state index contributed by atoms with van der Waals surface area (Å²) in [4.78, 5) is 13.8. The van der Waals surface area contributed by atoms with Gasteiger partial charge in [-0.2, -0.15) is 0 Å². The Morgan fingerprint density at radius 2 is 1.29 bits per heavy atom. The number of ether oxygens (including phenoxy) is 8. The maximum atomic E-state index is 13.8.